The smallest absolute Gasteiger partial charge is 0.0378 e. The first-order valence-electron chi connectivity index (χ1n) is 5.92. The zero-order chi connectivity index (χ0) is 13.0. The van der Waals surface area contributed by atoms with Crippen molar-refractivity contribution in [1.29, 1.82) is 0 Å². The minimum Gasteiger partial charge on any atom is -0.394 e. The fourth-order valence-corrected chi connectivity index (χ4v) is 3.04. The van der Waals surface area contributed by atoms with E-state index in [0.717, 1.165) is 5.57 Å². The van der Waals surface area contributed by atoms with Crippen LogP contribution in [0.2, 0.25) is 0 Å². The Morgan fingerprint density at radius 2 is 2.06 bits per heavy atom. The van der Waals surface area contributed by atoms with Gasteiger partial charge in [-0.25, -0.2) is 0 Å². The van der Waals surface area contributed by atoms with Crippen LogP contribution in [0.15, 0.2) is 55.3 Å². The molecule has 1 N–H and O–H groups in total. The average Bonchev–Trinajstić information content (AvgIpc) is 2.73. The maximum absolute atomic E-state index is 4.15. The van der Waals surface area contributed by atoms with E-state index in [9.17, 15) is 0 Å². The maximum Gasteiger partial charge on any atom is 0.0378 e. The Balaban J connectivity index is 2.31. The molecule has 0 aliphatic carbocycles. The van der Waals surface area contributed by atoms with E-state index in [0.29, 0.717) is 0 Å². The summed E-state index contributed by atoms with van der Waals surface area (Å²) in [7, 11) is 1.88. The molecule has 0 unspecified atom stereocenters. The number of fused-ring (bicyclic) bond motifs is 1. The molecule has 2 aromatic rings. The second-order valence-corrected chi connectivity index (χ2v) is 5.14. The molecule has 0 aliphatic heterocycles. The summed E-state index contributed by atoms with van der Waals surface area (Å²) < 4.78 is 1.32. The fourth-order valence-electron chi connectivity index (χ4n) is 1.88. The summed E-state index contributed by atoms with van der Waals surface area (Å²) in [4.78, 5) is 1.27. The lowest BCUT2D eigenvalue weighted by atomic mass is 10.1. The monoisotopic (exact) mass is 255 g/mol. The zero-order valence-electron chi connectivity index (χ0n) is 10.7. The van der Waals surface area contributed by atoms with E-state index in [-0.39, 0.29) is 0 Å². The molecule has 18 heavy (non-hydrogen) atoms. The van der Waals surface area contributed by atoms with Crippen molar-refractivity contribution in [2.75, 3.05) is 7.05 Å². The van der Waals surface area contributed by atoms with Crippen molar-refractivity contribution in [3.63, 3.8) is 0 Å². The summed E-state index contributed by atoms with van der Waals surface area (Å²) in [6.07, 6.45) is 7.91. The molecule has 1 nitrogen and oxygen atoms in total. The van der Waals surface area contributed by atoms with Gasteiger partial charge in [-0.1, -0.05) is 36.9 Å². The van der Waals surface area contributed by atoms with Crippen LogP contribution in [-0.4, -0.2) is 7.05 Å². The minimum absolute atomic E-state index is 1.06. The number of hydrogen-bond donors (Lipinski definition) is 1. The largest absolute Gasteiger partial charge is 0.394 e. The highest BCUT2D eigenvalue weighted by atomic mass is 32.1. The van der Waals surface area contributed by atoms with Crippen LogP contribution in [0, 0.1) is 6.92 Å². The number of rotatable bonds is 4. The van der Waals surface area contributed by atoms with Crippen LogP contribution in [0.5, 0.6) is 0 Å². The Labute approximate surface area is 112 Å². The number of benzene rings is 1. The van der Waals surface area contributed by atoms with Crippen molar-refractivity contribution in [1.82, 2.24) is 5.32 Å². The van der Waals surface area contributed by atoms with Crippen LogP contribution in [-0.2, 0) is 0 Å². The molecule has 92 valence electrons. The van der Waals surface area contributed by atoms with Gasteiger partial charge in [-0.2, -0.15) is 0 Å². The Morgan fingerprint density at radius 3 is 2.78 bits per heavy atom. The molecule has 1 aromatic carbocycles. The Bertz CT molecular complexity index is 617. The molecule has 0 bridgehead atoms. The van der Waals surface area contributed by atoms with E-state index in [4.69, 9.17) is 0 Å². The molecule has 0 radical (unpaired) electrons. The van der Waals surface area contributed by atoms with Crippen molar-refractivity contribution >= 4 is 27.0 Å². The van der Waals surface area contributed by atoms with Gasteiger partial charge in [-0.05, 0) is 41.8 Å². The zero-order valence-corrected chi connectivity index (χ0v) is 11.6. The first kappa shape index (κ1) is 12.7. The van der Waals surface area contributed by atoms with Crippen LogP contribution in [0.1, 0.15) is 10.4 Å². The summed E-state index contributed by atoms with van der Waals surface area (Å²) in [6.45, 7) is 6.31. The van der Waals surface area contributed by atoms with E-state index < -0.39 is 0 Å². The lowest BCUT2D eigenvalue weighted by Gasteiger charge is -1.97. The van der Waals surface area contributed by atoms with Gasteiger partial charge in [0.05, 0.1) is 0 Å². The van der Waals surface area contributed by atoms with Crippen molar-refractivity contribution in [3.8, 4) is 0 Å². The molecule has 0 saturated heterocycles. The highest BCUT2D eigenvalue weighted by Crippen LogP contribution is 2.34. The number of thiophene rings is 1. The summed E-state index contributed by atoms with van der Waals surface area (Å²) in [5.41, 5.74) is 2.39. The van der Waals surface area contributed by atoms with Crippen LogP contribution in [0.25, 0.3) is 15.7 Å². The van der Waals surface area contributed by atoms with Crippen LogP contribution in [0.4, 0.5) is 0 Å². The Hall–Kier alpha value is -1.80. The molecule has 0 spiro atoms. The highest BCUT2D eigenvalue weighted by molar-refractivity contribution is 7.20. The van der Waals surface area contributed by atoms with Crippen molar-refractivity contribution in [2.45, 2.75) is 6.92 Å². The molecule has 0 aliphatic rings. The molecule has 2 heteroatoms. The molecule has 2 rings (SSSR count). The summed E-state index contributed by atoms with van der Waals surface area (Å²) in [5.74, 6) is 0. The SMILES string of the molecule is C=C(/C=C\C=C/NC)c1sc2ccccc2c1C. The first-order valence-corrected chi connectivity index (χ1v) is 6.73. The van der Waals surface area contributed by atoms with Crippen LogP contribution in [0.3, 0.4) is 0 Å². The van der Waals surface area contributed by atoms with E-state index in [1.54, 1.807) is 11.3 Å². The third kappa shape index (κ3) is 2.54. The molecule has 0 atom stereocenters. The quantitative estimate of drug-likeness (QED) is 0.792. The van der Waals surface area contributed by atoms with Gasteiger partial charge < -0.3 is 5.32 Å². The van der Waals surface area contributed by atoms with E-state index >= 15 is 0 Å². The van der Waals surface area contributed by atoms with Gasteiger partial charge in [-0.15, -0.1) is 11.3 Å². The van der Waals surface area contributed by atoms with Gasteiger partial charge in [0.15, 0.2) is 0 Å². The predicted octanol–water partition coefficient (Wildman–Crippen LogP) is 4.51. The average molecular weight is 255 g/mol. The van der Waals surface area contributed by atoms with E-state index in [1.165, 1.54) is 20.5 Å². The second-order valence-electron chi connectivity index (χ2n) is 4.08. The number of aryl methyl sites for hydroxylation is 1. The van der Waals surface area contributed by atoms with Gasteiger partial charge >= 0.3 is 0 Å². The second kappa shape index (κ2) is 5.69. The van der Waals surface area contributed by atoms with Gasteiger partial charge in [0.2, 0.25) is 0 Å². The molecule has 0 fully saturated rings. The lowest BCUT2D eigenvalue weighted by Crippen LogP contribution is -1.89. The summed E-state index contributed by atoms with van der Waals surface area (Å²) in [6, 6.07) is 8.49. The topological polar surface area (TPSA) is 12.0 Å². The van der Waals surface area contributed by atoms with Crippen molar-refractivity contribution in [3.05, 3.63) is 65.7 Å². The molecule has 0 amide bonds. The third-order valence-electron chi connectivity index (χ3n) is 2.81. The van der Waals surface area contributed by atoms with Crippen LogP contribution >= 0.6 is 11.3 Å². The molecule has 1 heterocycles. The summed E-state index contributed by atoms with van der Waals surface area (Å²) in [5, 5.41) is 4.29. The normalized spacial score (nSPS) is 11.7. The number of nitrogens with one attached hydrogen (secondary N) is 1. The van der Waals surface area contributed by atoms with E-state index in [1.807, 2.05) is 31.5 Å². The molecular weight excluding hydrogens is 238 g/mol. The predicted molar refractivity (Wildman–Crippen MR) is 82.9 cm³/mol. The fraction of sp³-hybridized carbons (Fsp3) is 0.125. The lowest BCUT2D eigenvalue weighted by molar-refractivity contribution is 1.10. The standard InChI is InChI=1S/C16H17NS/c1-12(8-6-7-11-17-3)16-13(2)14-9-4-5-10-15(14)18-16/h4-11,17H,1H2,2-3H3/b8-6-,11-7-. The Kier molecular flexibility index (Phi) is 4.00. The first-order chi connectivity index (χ1) is 8.74. The van der Waals surface area contributed by atoms with Crippen LogP contribution < -0.4 is 5.32 Å². The van der Waals surface area contributed by atoms with Crippen molar-refractivity contribution < 1.29 is 0 Å². The molecular formula is C16H17NS. The van der Waals surface area contributed by atoms with Crippen molar-refractivity contribution in [2.24, 2.45) is 0 Å². The third-order valence-corrected chi connectivity index (χ3v) is 4.16. The van der Waals surface area contributed by atoms with Gasteiger partial charge in [-0.3, -0.25) is 0 Å². The van der Waals surface area contributed by atoms with Gasteiger partial charge in [0.25, 0.3) is 0 Å². The minimum atomic E-state index is 1.06. The number of hydrogen-bond acceptors (Lipinski definition) is 2. The highest BCUT2D eigenvalue weighted by Gasteiger charge is 2.08. The summed E-state index contributed by atoms with van der Waals surface area (Å²) >= 11 is 1.81. The van der Waals surface area contributed by atoms with E-state index in [2.05, 4.69) is 43.1 Å². The Morgan fingerprint density at radius 1 is 1.28 bits per heavy atom. The van der Waals surface area contributed by atoms with Gasteiger partial charge in [0.1, 0.15) is 0 Å². The molecule has 1 aromatic heterocycles. The number of allylic oxidation sites excluding steroid dienone is 4. The maximum atomic E-state index is 4.15. The molecule has 0 saturated carbocycles. The van der Waals surface area contributed by atoms with Gasteiger partial charge in [0, 0.05) is 16.6 Å².